The molecule has 0 aliphatic rings. The summed E-state index contributed by atoms with van der Waals surface area (Å²) in [5.74, 6) is -1.15. The molecule has 0 bridgehead atoms. The number of carboxylic acids is 1. The predicted octanol–water partition coefficient (Wildman–Crippen LogP) is 2.93. The second-order valence-corrected chi connectivity index (χ2v) is 5.87. The summed E-state index contributed by atoms with van der Waals surface area (Å²) in [5.41, 5.74) is 1.45. The molecule has 0 aliphatic carbocycles. The molecule has 0 unspecified atom stereocenters. The van der Waals surface area contributed by atoms with Crippen LogP contribution >= 0.6 is 23.2 Å². The van der Waals surface area contributed by atoms with Crippen molar-refractivity contribution in [2.45, 2.75) is 13.3 Å². The van der Waals surface area contributed by atoms with Crippen molar-refractivity contribution in [2.75, 3.05) is 0 Å². The standard InChI is InChI=1S/C15H11Cl2N3O3/c1-7-9(4-8-2-3-11(16)12(17)5-8)14(21)20-13(19-7)10(6-18-20)15(22)23/h2-3,5-6,18H,4H2,1H3,(H,22,23). The Labute approximate surface area is 140 Å². The highest BCUT2D eigenvalue weighted by atomic mass is 35.5. The Balaban J connectivity index is 2.13. The molecule has 3 rings (SSSR count). The fourth-order valence-electron chi connectivity index (χ4n) is 2.37. The largest absolute Gasteiger partial charge is 0.477 e. The molecule has 8 heteroatoms. The molecule has 2 heterocycles. The predicted molar refractivity (Wildman–Crippen MR) is 86.8 cm³/mol. The number of H-pyrrole nitrogens is 1. The van der Waals surface area contributed by atoms with Crippen molar-refractivity contribution in [3.8, 4) is 0 Å². The van der Waals surface area contributed by atoms with Crippen LogP contribution in [-0.2, 0) is 6.42 Å². The van der Waals surface area contributed by atoms with Crippen molar-refractivity contribution < 1.29 is 9.90 Å². The van der Waals surface area contributed by atoms with Crippen LogP contribution in [0.5, 0.6) is 0 Å². The van der Waals surface area contributed by atoms with Gasteiger partial charge in [0.1, 0.15) is 5.56 Å². The average molecular weight is 352 g/mol. The molecule has 0 aliphatic heterocycles. The highest BCUT2D eigenvalue weighted by molar-refractivity contribution is 6.42. The summed E-state index contributed by atoms with van der Waals surface area (Å²) in [6.07, 6.45) is 1.56. The van der Waals surface area contributed by atoms with Gasteiger partial charge in [0.05, 0.1) is 10.0 Å². The Bertz CT molecular complexity index is 992. The molecule has 0 saturated carbocycles. The van der Waals surface area contributed by atoms with Gasteiger partial charge in [-0.25, -0.2) is 14.3 Å². The number of aromatic nitrogens is 3. The van der Waals surface area contributed by atoms with Crippen LogP contribution in [0.15, 0.2) is 29.2 Å². The van der Waals surface area contributed by atoms with Gasteiger partial charge in [-0.2, -0.15) is 0 Å². The van der Waals surface area contributed by atoms with E-state index < -0.39 is 5.97 Å². The Morgan fingerprint density at radius 2 is 2.09 bits per heavy atom. The number of carboxylic acid groups (broad SMARTS) is 1. The highest BCUT2D eigenvalue weighted by Crippen LogP contribution is 2.24. The molecule has 23 heavy (non-hydrogen) atoms. The number of hydrogen-bond acceptors (Lipinski definition) is 3. The van der Waals surface area contributed by atoms with Crippen LogP contribution < -0.4 is 5.56 Å². The first-order chi connectivity index (χ1) is 10.9. The van der Waals surface area contributed by atoms with Crippen LogP contribution in [0.2, 0.25) is 10.0 Å². The first kappa shape index (κ1) is 15.6. The minimum Gasteiger partial charge on any atom is -0.477 e. The van der Waals surface area contributed by atoms with E-state index in [9.17, 15) is 9.59 Å². The van der Waals surface area contributed by atoms with Gasteiger partial charge in [-0.15, -0.1) is 0 Å². The van der Waals surface area contributed by atoms with E-state index in [2.05, 4.69) is 10.1 Å². The number of aryl methyl sites for hydroxylation is 1. The summed E-state index contributed by atoms with van der Waals surface area (Å²) in [6.45, 7) is 1.67. The minimum absolute atomic E-state index is 0.0497. The van der Waals surface area contributed by atoms with Crippen LogP contribution in [0.4, 0.5) is 0 Å². The number of hydrogen-bond donors (Lipinski definition) is 2. The molecule has 0 atom stereocenters. The van der Waals surface area contributed by atoms with Gasteiger partial charge < -0.3 is 5.11 Å². The molecule has 0 spiro atoms. The number of aromatic carboxylic acids is 1. The Kier molecular flexibility index (Phi) is 3.87. The van der Waals surface area contributed by atoms with Crippen LogP contribution in [0, 0.1) is 6.92 Å². The number of aromatic amines is 1. The maximum atomic E-state index is 12.6. The fourth-order valence-corrected chi connectivity index (χ4v) is 2.69. The van der Waals surface area contributed by atoms with E-state index in [0.29, 0.717) is 27.7 Å². The van der Waals surface area contributed by atoms with E-state index >= 15 is 0 Å². The van der Waals surface area contributed by atoms with Crippen molar-refractivity contribution >= 4 is 34.8 Å². The average Bonchev–Trinajstić information content (AvgIpc) is 2.91. The summed E-state index contributed by atoms with van der Waals surface area (Å²) in [6, 6.07) is 5.13. The maximum Gasteiger partial charge on any atom is 0.341 e. The monoisotopic (exact) mass is 351 g/mol. The number of nitrogens with zero attached hydrogens (tertiary/aromatic N) is 2. The van der Waals surface area contributed by atoms with Crippen molar-refractivity contribution in [2.24, 2.45) is 0 Å². The Morgan fingerprint density at radius 3 is 2.74 bits per heavy atom. The van der Waals surface area contributed by atoms with E-state index in [1.54, 1.807) is 25.1 Å². The fraction of sp³-hybridized carbons (Fsp3) is 0.133. The van der Waals surface area contributed by atoms with Crippen molar-refractivity contribution in [1.29, 1.82) is 0 Å². The van der Waals surface area contributed by atoms with Gasteiger partial charge >= 0.3 is 5.97 Å². The second kappa shape index (κ2) is 5.72. The van der Waals surface area contributed by atoms with Gasteiger partial charge in [0.15, 0.2) is 5.65 Å². The molecular weight excluding hydrogens is 341 g/mol. The topological polar surface area (TPSA) is 87.5 Å². The molecule has 2 N–H and O–H groups in total. The normalized spacial score (nSPS) is 11.1. The van der Waals surface area contributed by atoms with Crippen molar-refractivity contribution in [3.05, 3.63) is 67.2 Å². The maximum absolute atomic E-state index is 12.6. The van der Waals surface area contributed by atoms with E-state index in [0.717, 1.165) is 10.1 Å². The van der Waals surface area contributed by atoms with E-state index in [1.807, 2.05) is 0 Å². The zero-order valence-electron chi connectivity index (χ0n) is 11.9. The molecule has 118 valence electrons. The number of fused-ring (bicyclic) bond motifs is 1. The van der Waals surface area contributed by atoms with Gasteiger partial charge in [-0.3, -0.25) is 9.89 Å². The molecule has 0 radical (unpaired) electrons. The van der Waals surface area contributed by atoms with Gasteiger partial charge in [-0.1, -0.05) is 29.3 Å². The lowest BCUT2D eigenvalue weighted by molar-refractivity contribution is 0.0698. The number of halogens is 2. The third-order valence-electron chi connectivity index (χ3n) is 3.56. The third-order valence-corrected chi connectivity index (χ3v) is 4.30. The summed E-state index contributed by atoms with van der Waals surface area (Å²) in [5, 5.41) is 12.6. The smallest absolute Gasteiger partial charge is 0.341 e. The number of rotatable bonds is 3. The third kappa shape index (κ3) is 2.71. The van der Waals surface area contributed by atoms with E-state index in [4.69, 9.17) is 28.3 Å². The summed E-state index contributed by atoms with van der Waals surface area (Å²) in [4.78, 5) is 28.0. The molecule has 0 amide bonds. The summed E-state index contributed by atoms with van der Waals surface area (Å²) >= 11 is 11.9. The molecule has 6 nitrogen and oxygen atoms in total. The van der Waals surface area contributed by atoms with Crippen LogP contribution in [-0.4, -0.2) is 25.7 Å². The zero-order valence-corrected chi connectivity index (χ0v) is 13.4. The summed E-state index contributed by atoms with van der Waals surface area (Å²) in [7, 11) is 0. The van der Waals surface area contributed by atoms with Crippen molar-refractivity contribution in [3.63, 3.8) is 0 Å². The summed E-state index contributed by atoms with van der Waals surface area (Å²) < 4.78 is 1.13. The lowest BCUT2D eigenvalue weighted by atomic mass is 10.1. The van der Waals surface area contributed by atoms with E-state index in [1.165, 1.54) is 6.20 Å². The molecule has 2 aromatic heterocycles. The SMILES string of the molecule is Cc1nc2c(C(=O)O)c[nH]n2c(=O)c1Cc1ccc(Cl)c(Cl)c1. The second-order valence-electron chi connectivity index (χ2n) is 5.06. The van der Waals surface area contributed by atoms with Crippen LogP contribution in [0.1, 0.15) is 27.2 Å². The zero-order chi connectivity index (χ0) is 16.7. The first-order valence-corrected chi connectivity index (χ1v) is 7.41. The number of carbonyl (C=O) groups is 1. The van der Waals surface area contributed by atoms with Crippen LogP contribution in [0.25, 0.3) is 5.65 Å². The Hall–Kier alpha value is -2.31. The quantitative estimate of drug-likeness (QED) is 0.759. The molecular formula is C15H11Cl2N3O3. The number of nitrogens with one attached hydrogen (secondary N) is 1. The molecule has 0 saturated heterocycles. The highest BCUT2D eigenvalue weighted by Gasteiger charge is 2.17. The molecule has 0 fully saturated rings. The van der Waals surface area contributed by atoms with Crippen LogP contribution in [0.3, 0.4) is 0 Å². The lowest BCUT2D eigenvalue weighted by Gasteiger charge is -2.07. The van der Waals surface area contributed by atoms with E-state index in [-0.39, 0.29) is 16.8 Å². The van der Waals surface area contributed by atoms with Gasteiger partial charge in [0, 0.05) is 23.9 Å². The molecule has 3 aromatic rings. The van der Waals surface area contributed by atoms with Gasteiger partial charge in [0.25, 0.3) is 5.56 Å². The van der Waals surface area contributed by atoms with Crippen molar-refractivity contribution in [1.82, 2.24) is 14.6 Å². The lowest BCUT2D eigenvalue weighted by Crippen LogP contribution is -2.22. The minimum atomic E-state index is -1.15. The number of benzene rings is 1. The van der Waals surface area contributed by atoms with Gasteiger partial charge in [0.2, 0.25) is 0 Å². The van der Waals surface area contributed by atoms with Gasteiger partial charge in [-0.05, 0) is 24.6 Å². The Morgan fingerprint density at radius 1 is 1.35 bits per heavy atom. The first-order valence-electron chi connectivity index (χ1n) is 6.65. The molecule has 1 aromatic carbocycles.